The molecule has 1 fully saturated rings. The van der Waals surface area contributed by atoms with E-state index < -0.39 is 17.7 Å². The van der Waals surface area contributed by atoms with Crippen LogP contribution in [0.3, 0.4) is 0 Å². The van der Waals surface area contributed by atoms with Crippen molar-refractivity contribution in [3.63, 3.8) is 0 Å². The summed E-state index contributed by atoms with van der Waals surface area (Å²) >= 11 is 0. The fraction of sp³-hybridized carbons (Fsp3) is 0.562. The Balaban J connectivity index is 2.04. The Hall–Kier alpha value is -1.33. The molecule has 0 spiro atoms. The van der Waals surface area contributed by atoms with E-state index in [0.717, 1.165) is 31.6 Å². The van der Waals surface area contributed by atoms with Gasteiger partial charge in [-0.2, -0.15) is 0 Å². The van der Waals surface area contributed by atoms with Gasteiger partial charge in [0.15, 0.2) is 5.78 Å². The van der Waals surface area contributed by atoms with Gasteiger partial charge in [0.05, 0.1) is 11.6 Å². The molecule has 2 unspecified atom stereocenters. The van der Waals surface area contributed by atoms with Crippen molar-refractivity contribution in [3.05, 3.63) is 35.4 Å². The van der Waals surface area contributed by atoms with Crippen LogP contribution < -0.4 is 0 Å². The average Bonchev–Trinajstić information content (AvgIpc) is 2.82. The minimum absolute atomic E-state index is 0.0458. The second kappa shape index (κ2) is 6.62. The Labute approximate surface area is 124 Å². The van der Waals surface area contributed by atoms with Crippen LogP contribution in [0.5, 0.6) is 0 Å². The van der Waals surface area contributed by atoms with Gasteiger partial charge in [-0.15, -0.1) is 0 Å². The van der Waals surface area contributed by atoms with Crippen LogP contribution in [0.15, 0.2) is 18.2 Å². The van der Waals surface area contributed by atoms with E-state index in [9.17, 15) is 13.6 Å². The minimum Gasteiger partial charge on any atom is -0.302 e. The van der Waals surface area contributed by atoms with Crippen molar-refractivity contribution in [2.24, 2.45) is 0 Å². The number of hydrogen-bond acceptors (Lipinski definition) is 3. The lowest BCUT2D eigenvalue weighted by Crippen LogP contribution is -2.43. The van der Waals surface area contributed by atoms with Gasteiger partial charge >= 0.3 is 0 Å². The Morgan fingerprint density at radius 3 is 2.76 bits per heavy atom. The molecule has 1 heterocycles. The molecule has 2 rings (SSSR count). The van der Waals surface area contributed by atoms with Gasteiger partial charge in [-0.25, -0.2) is 8.78 Å². The molecule has 1 aliphatic heterocycles. The van der Waals surface area contributed by atoms with E-state index in [2.05, 4.69) is 11.9 Å². The lowest BCUT2D eigenvalue weighted by molar-refractivity contribution is 0.0838. The van der Waals surface area contributed by atoms with Crippen LogP contribution in [0.4, 0.5) is 8.78 Å². The predicted octanol–water partition coefficient (Wildman–Crippen LogP) is 2.56. The van der Waals surface area contributed by atoms with Crippen LogP contribution in [-0.2, 0) is 0 Å². The molecule has 0 bridgehead atoms. The number of halogens is 2. The third-order valence-corrected chi connectivity index (χ3v) is 4.41. The fourth-order valence-corrected chi connectivity index (χ4v) is 2.81. The van der Waals surface area contributed by atoms with Gasteiger partial charge in [0.1, 0.15) is 11.6 Å². The van der Waals surface area contributed by atoms with Gasteiger partial charge in [-0.05, 0) is 52.5 Å². The molecule has 0 aliphatic carbocycles. The number of likely N-dealkylation sites (tertiary alicyclic amines) is 1. The lowest BCUT2D eigenvalue weighted by atomic mass is 10.0. The summed E-state index contributed by atoms with van der Waals surface area (Å²) in [6, 6.07) is 3.10. The predicted molar refractivity (Wildman–Crippen MR) is 78.4 cm³/mol. The first-order valence-electron chi connectivity index (χ1n) is 7.30. The number of ketones is 1. The summed E-state index contributed by atoms with van der Waals surface area (Å²) in [7, 11) is 3.95. The van der Waals surface area contributed by atoms with E-state index in [0.29, 0.717) is 6.04 Å². The van der Waals surface area contributed by atoms with Crippen molar-refractivity contribution in [2.45, 2.75) is 31.8 Å². The van der Waals surface area contributed by atoms with Crippen molar-refractivity contribution in [2.75, 3.05) is 27.2 Å². The number of benzene rings is 1. The standard InChI is InChI=1S/C16H22F2N2O/c1-11(20(3)10-13-5-4-8-19(13)2)16(21)14-7-6-12(17)9-15(14)18/h6-7,9,11,13H,4-5,8,10H2,1-3H3. The maximum atomic E-state index is 13.7. The summed E-state index contributed by atoms with van der Waals surface area (Å²) in [5.41, 5.74) is -0.0458. The van der Waals surface area contributed by atoms with E-state index >= 15 is 0 Å². The normalized spacial score (nSPS) is 21.0. The quantitative estimate of drug-likeness (QED) is 0.780. The monoisotopic (exact) mass is 296 g/mol. The number of carbonyl (C=O) groups is 1. The average molecular weight is 296 g/mol. The van der Waals surface area contributed by atoms with Crippen molar-refractivity contribution >= 4 is 5.78 Å². The third-order valence-electron chi connectivity index (χ3n) is 4.41. The molecule has 1 aromatic rings. The van der Waals surface area contributed by atoms with E-state index in [4.69, 9.17) is 0 Å². The lowest BCUT2D eigenvalue weighted by Gasteiger charge is -2.29. The summed E-state index contributed by atoms with van der Waals surface area (Å²) < 4.78 is 26.6. The van der Waals surface area contributed by atoms with Crippen LogP contribution in [0, 0.1) is 11.6 Å². The van der Waals surface area contributed by atoms with Crippen LogP contribution in [0.2, 0.25) is 0 Å². The third kappa shape index (κ3) is 3.66. The van der Waals surface area contributed by atoms with E-state index in [-0.39, 0.29) is 11.3 Å². The Kier molecular flexibility index (Phi) is 5.06. The first-order chi connectivity index (χ1) is 9.90. The van der Waals surface area contributed by atoms with E-state index in [1.807, 2.05) is 11.9 Å². The highest BCUT2D eigenvalue weighted by Gasteiger charge is 2.27. The number of likely N-dealkylation sites (N-methyl/N-ethyl adjacent to an activating group) is 2. The zero-order valence-corrected chi connectivity index (χ0v) is 12.8. The van der Waals surface area contributed by atoms with Crippen LogP contribution in [-0.4, -0.2) is 54.9 Å². The Bertz CT molecular complexity index is 521. The van der Waals surface area contributed by atoms with Crippen molar-refractivity contribution < 1.29 is 13.6 Å². The van der Waals surface area contributed by atoms with Crippen LogP contribution >= 0.6 is 0 Å². The molecule has 0 aromatic heterocycles. The van der Waals surface area contributed by atoms with E-state index in [1.165, 1.54) is 12.5 Å². The Morgan fingerprint density at radius 1 is 1.48 bits per heavy atom. The number of rotatable bonds is 5. The molecule has 1 aliphatic rings. The molecular weight excluding hydrogens is 274 g/mol. The second-order valence-corrected chi connectivity index (χ2v) is 5.88. The number of hydrogen-bond donors (Lipinski definition) is 0. The van der Waals surface area contributed by atoms with Gasteiger partial charge in [0.2, 0.25) is 0 Å². The molecule has 1 aromatic carbocycles. The van der Waals surface area contributed by atoms with E-state index in [1.54, 1.807) is 6.92 Å². The Morgan fingerprint density at radius 2 is 2.19 bits per heavy atom. The molecule has 0 saturated carbocycles. The smallest absolute Gasteiger partial charge is 0.182 e. The molecule has 116 valence electrons. The summed E-state index contributed by atoms with van der Waals surface area (Å²) in [6.45, 7) is 3.61. The topological polar surface area (TPSA) is 23.6 Å². The van der Waals surface area contributed by atoms with Crippen molar-refractivity contribution in [3.8, 4) is 0 Å². The molecule has 1 saturated heterocycles. The van der Waals surface area contributed by atoms with Gasteiger partial charge in [0.25, 0.3) is 0 Å². The number of nitrogens with zero attached hydrogens (tertiary/aromatic N) is 2. The number of Topliss-reactive ketones (excluding diaryl/α,β-unsaturated/α-hetero) is 1. The summed E-state index contributed by atoms with van der Waals surface area (Å²) in [4.78, 5) is 16.6. The molecule has 2 atom stereocenters. The summed E-state index contributed by atoms with van der Waals surface area (Å²) in [6.07, 6.45) is 2.29. The summed E-state index contributed by atoms with van der Waals surface area (Å²) in [5, 5.41) is 0. The van der Waals surface area contributed by atoms with Crippen molar-refractivity contribution in [1.82, 2.24) is 9.80 Å². The molecule has 0 amide bonds. The van der Waals surface area contributed by atoms with Crippen molar-refractivity contribution in [1.29, 1.82) is 0 Å². The first-order valence-corrected chi connectivity index (χ1v) is 7.30. The number of carbonyl (C=O) groups excluding carboxylic acids is 1. The van der Waals surface area contributed by atoms with Gasteiger partial charge < -0.3 is 4.90 Å². The zero-order chi connectivity index (χ0) is 15.6. The van der Waals surface area contributed by atoms with Gasteiger partial charge in [0, 0.05) is 18.7 Å². The zero-order valence-electron chi connectivity index (χ0n) is 12.8. The molecule has 0 radical (unpaired) electrons. The second-order valence-electron chi connectivity index (χ2n) is 5.88. The molecule has 3 nitrogen and oxygen atoms in total. The molecule has 5 heteroatoms. The highest BCUT2D eigenvalue weighted by molar-refractivity contribution is 6.00. The molecular formula is C16H22F2N2O. The maximum Gasteiger partial charge on any atom is 0.182 e. The van der Waals surface area contributed by atoms with Crippen LogP contribution in [0.1, 0.15) is 30.1 Å². The fourth-order valence-electron chi connectivity index (χ4n) is 2.81. The molecule has 0 N–H and O–H groups in total. The van der Waals surface area contributed by atoms with Gasteiger partial charge in [-0.1, -0.05) is 0 Å². The van der Waals surface area contributed by atoms with Crippen LogP contribution in [0.25, 0.3) is 0 Å². The highest BCUT2D eigenvalue weighted by Crippen LogP contribution is 2.18. The molecule has 21 heavy (non-hydrogen) atoms. The minimum atomic E-state index is -0.793. The highest BCUT2D eigenvalue weighted by atomic mass is 19.1. The maximum absolute atomic E-state index is 13.7. The van der Waals surface area contributed by atoms with Gasteiger partial charge in [-0.3, -0.25) is 9.69 Å². The SMILES string of the molecule is CC(C(=O)c1ccc(F)cc1F)N(C)CC1CCCN1C. The largest absolute Gasteiger partial charge is 0.302 e. The first kappa shape index (κ1) is 16.0. The summed E-state index contributed by atoms with van der Waals surface area (Å²) in [5.74, 6) is -1.77.